The summed E-state index contributed by atoms with van der Waals surface area (Å²) in [6.45, 7) is 6.61. The fourth-order valence-electron chi connectivity index (χ4n) is 2.36. The maximum Gasteiger partial charge on any atom is 0.0686 e. The Morgan fingerprint density at radius 1 is 1.50 bits per heavy atom. The smallest absolute Gasteiger partial charge is 0.0686 e. The molecular formula is C12H20N2. The van der Waals surface area contributed by atoms with Gasteiger partial charge in [0.05, 0.1) is 6.04 Å². The lowest BCUT2D eigenvalue weighted by Crippen LogP contribution is -2.58. The fraction of sp³-hybridized carbons (Fsp3) is 0.833. The molecule has 1 aliphatic carbocycles. The molecule has 2 aliphatic rings. The predicted octanol–water partition coefficient (Wildman–Crippen LogP) is 1.08. The molecule has 1 heterocycles. The van der Waals surface area contributed by atoms with Crippen molar-refractivity contribution in [1.29, 1.82) is 0 Å². The van der Waals surface area contributed by atoms with E-state index in [0.29, 0.717) is 12.1 Å². The third-order valence-corrected chi connectivity index (χ3v) is 3.58. The molecule has 2 rings (SSSR count). The van der Waals surface area contributed by atoms with E-state index in [1.165, 1.54) is 12.8 Å². The molecule has 1 N–H and O–H groups in total. The van der Waals surface area contributed by atoms with Gasteiger partial charge in [-0.1, -0.05) is 5.92 Å². The van der Waals surface area contributed by atoms with Crippen LogP contribution < -0.4 is 5.32 Å². The summed E-state index contributed by atoms with van der Waals surface area (Å²) < 4.78 is 0. The van der Waals surface area contributed by atoms with Gasteiger partial charge in [-0.15, -0.1) is 6.42 Å². The molecule has 3 unspecified atom stereocenters. The van der Waals surface area contributed by atoms with Crippen LogP contribution >= 0.6 is 0 Å². The highest BCUT2D eigenvalue weighted by Crippen LogP contribution is 2.34. The van der Waals surface area contributed by atoms with Crippen molar-refractivity contribution in [3.05, 3.63) is 0 Å². The second kappa shape index (κ2) is 3.92. The molecular weight excluding hydrogens is 172 g/mol. The van der Waals surface area contributed by atoms with Crippen LogP contribution in [0.5, 0.6) is 0 Å². The third-order valence-electron chi connectivity index (χ3n) is 3.58. The van der Waals surface area contributed by atoms with Crippen molar-refractivity contribution in [1.82, 2.24) is 10.2 Å². The average Bonchev–Trinajstić information content (AvgIpc) is 3.01. The van der Waals surface area contributed by atoms with Crippen LogP contribution in [0.2, 0.25) is 0 Å². The van der Waals surface area contributed by atoms with Gasteiger partial charge in [-0.25, -0.2) is 0 Å². The van der Waals surface area contributed by atoms with Gasteiger partial charge in [0.1, 0.15) is 0 Å². The summed E-state index contributed by atoms with van der Waals surface area (Å²) in [5.41, 5.74) is 0. The lowest BCUT2D eigenvalue weighted by molar-refractivity contribution is 0.115. The Morgan fingerprint density at radius 2 is 2.21 bits per heavy atom. The maximum atomic E-state index is 5.49. The van der Waals surface area contributed by atoms with E-state index in [1.54, 1.807) is 0 Å². The summed E-state index contributed by atoms with van der Waals surface area (Å²) in [6.07, 6.45) is 8.30. The van der Waals surface area contributed by atoms with E-state index >= 15 is 0 Å². The van der Waals surface area contributed by atoms with Crippen molar-refractivity contribution in [2.45, 2.75) is 44.8 Å². The number of hydrogen-bond acceptors (Lipinski definition) is 2. The van der Waals surface area contributed by atoms with Crippen molar-refractivity contribution in [3.63, 3.8) is 0 Å². The van der Waals surface area contributed by atoms with Crippen LogP contribution in [0.15, 0.2) is 0 Å². The van der Waals surface area contributed by atoms with E-state index in [0.717, 1.165) is 19.0 Å². The molecule has 0 amide bonds. The number of nitrogens with zero attached hydrogens (tertiary/aromatic N) is 1. The molecule has 2 heteroatoms. The lowest BCUT2D eigenvalue weighted by atomic mass is 10.0. The van der Waals surface area contributed by atoms with Crippen molar-refractivity contribution in [3.8, 4) is 12.3 Å². The number of piperazine rings is 1. The molecule has 14 heavy (non-hydrogen) atoms. The standard InChI is InChI=1S/C12H20N2/c1-4-9(2)14-8-12(11-5-6-11)13-7-10(14)3/h1,9-13H,5-8H2,2-3H3. The van der Waals surface area contributed by atoms with E-state index in [-0.39, 0.29) is 6.04 Å². The maximum absolute atomic E-state index is 5.49. The first-order chi connectivity index (χ1) is 6.72. The lowest BCUT2D eigenvalue weighted by Gasteiger charge is -2.40. The number of terminal acetylenes is 1. The van der Waals surface area contributed by atoms with Gasteiger partial charge in [-0.3, -0.25) is 4.90 Å². The molecule has 0 bridgehead atoms. The monoisotopic (exact) mass is 192 g/mol. The van der Waals surface area contributed by atoms with E-state index in [9.17, 15) is 0 Å². The molecule has 1 aliphatic heterocycles. The summed E-state index contributed by atoms with van der Waals surface area (Å²) in [6, 6.07) is 1.56. The topological polar surface area (TPSA) is 15.3 Å². The van der Waals surface area contributed by atoms with Gasteiger partial charge in [0.25, 0.3) is 0 Å². The Hall–Kier alpha value is -0.520. The van der Waals surface area contributed by atoms with Gasteiger partial charge in [0.15, 0.2) is 0 Å². The number of nitrogens with one attached hydrogen (secondary N) is 1. The Morgan fingerprint density at radius 3 is 2.79 bits per heavy atom. The molecule has 0 aromatic rings. The van der Waals surface area contributed by atoms with Crippen LogP contribution in [0, 0.1) is 18.3 Å². The van der Waals surface area contributed by atoms with Crippen LogP contribution in [-0.2, 0) is 0 Å². The van der Waals surface area contributed by atoms with E-state index in [1.807, 2.05) is 0 Å². The van der Waals surface area contributed by atoms with Gasteiger partial charge in [-0.2, -0.15) is 0 Å². The molecule has 0 aromatic heterocycles. The molecule has 0 radical (unpaired) electrons. The molecule has 3 atom stereocenters. The first-order valence-corrected chi connectivity index (χ1v) is 5.67. The number of hydrogen-bond donors (Lipinski definition) is 1. The van der Waals surface area contributed by atoms with Crippen molar-refractivity contribution in [2.75, 3.05) is 13.1 Å². The van der Waals surface area contributed by atoms with Crippen molar-refractivity contribution >= 4 is 0 Å². The van der Waals surface area contributed by atoms with Crippen LogP contribution in [-0.4, -0.2) is 36.1 Å². The Labute approximate surface area is 87.1 Å². The summed E-state index contributed by atoms with van der Waals surface area (Å²) in [4.78, 5) is 2.46. The minimum absolute atomic E-state index is 0.286. The van der Waals surface area contributed by atoms with Gasteiger partial charge < -0.3 is 5.32 Å². The third kappa shape index (κ3) is 1.94. The van der Waals surface area contributed by atoms with Crippen LogP contribution in [0.25, 0.3) is 0 Å². The number of rotatable bonds is 2. The first kappa shape index (κ1) is 10.0. The molecule has 1 saturated carbocycles. The van der Waals surface area contributed by atoms with Gasteiger partial charge in [0.2, 0.25) is 0 Å². The van der Waals surface area contributed by atoms with E-state index < -0.39 is 0 Å². The largest absolute Gasteiger partial charge is 0.311 e. The molecule has 2 nitrogen and oxygen atoms in total. The molecule has 0 spiro atoms. The van der Waals surface area contributed by atoms with Gasteiger partial charge >= 0.3 is 0 Å². The normalized spacial score (nSPS) is 36.4. The van der Waals surface area contributed by atoms with Crippen LogP contribution in [0.1, 0.15) is 26.7 Å². The van der Waals surface area contributed by atoms with Gasteiger partial charge in [0, 0.05) is 25.2 Å². The highest BCUT2D eigenvalue weighted by Gasteiger charge is 2.36. The summed E-state index contributed by atoms with van der Waals surface area (Å²) >= 11 is 0. The fourth-order valence-corrected chi connectivity index (χ4v) is 2.36. The van der Waals surface area contributed by atoms with Gasteiger partial charge in [-0.05, 0) is 32.6 Å². The first-order valence-electron chi connectivity index (χ1n) is 5.67. The summed E-state index contributed by atoms with van der Waals surface area (Å²) in [5.74, 6) is 3.77. The molecule has 0 aromatic carbocycles. The average molecular weight is 192 g/mol. The Balaban J connectivity index is 1.96. The minimum atomic E-state index is 0.286. The quantitative estimate of drug-likeness (QED) is 0.659. The zero-order valence-electron chi connectivity index (χ0n) is 9.16. The highest BCUT2D eigenvalue weighted by molar-refractivity contribution is 5.02. The second-order valence-electron chi connectivity index (χ2n) is 4.74. The Kier molecular flexibility index (Phi) is 2.80. The summed E-state index contributed by atoms with van der Waals surface area (Å²) in [7, 11) is 0. The molecule has 1 saturated heterocycles. The zero-order valence-corrected chi connectivity index (χ0v) is 9.16. The summed E-state index contributed by atoms with van der Waals surface area (Å²) in [5, 5.41) is 3.63. The SMILES string of the molecule is C#CC(C)N1CC(C2CC2)NCC1C. The second-order valence-corrected chi connectivity index (χ2v) is 4.74. The zero-order chi connectivity index (χ0) is 10.1. The van der Waals surface area contributed by atoms with Crippen LogP contribution in [0.4, 0.5) is 0 Å². The highest BCUT2D eigenvalue weighted by atomic mass is 15.2. The van der Waals surface area contributed by atoms with Crippen molar-refractivity contribution < 1.29 is 0 Å². The van der Waals surface area contributed by atoms with Crippen LogP contribution in [0.3, 0.4) is 0 Å². The predicted molar refractivity (Wildman–Crippen MR) is 59.0 cm³/mol. The molecule has 78 valence electrons. The van der Waals surface area contributed by atoms with E-state index in [2.05, 4.69) is 30.0 Å². The van der Waals surface area contributed by atoms with Crippen molar-refractivity contribution in [2.24, 2.45) is 5.92 Å². The Bertz CT molecular complexity index is 239. The minimum Gasteiger partial charge on any atom is -0.311 e. The molecule has 2 fully saturated rings. The van der Waals surface area contributed by atoms with E-state index in [4.69, 9.17) is 6.42 Å².